The molecule has 2 bridgehead atoms. The van der Waals surface area contributed by atoms with Crippen molar-refractivity contribution in [3.63, 3.8) is 0 Å². The van der Waals surface area contributed by atoms with Crippen LogP contribution < -0.4 is 0 Å². The van der Waals surface area contributed by atoms with Crippen LogP contribution in [0.2, 0.25) is 0 Å². The van der Waals surface area contributed by atoms with Crippen molar-refractivity contribution in [1.29, 1.82) is 0 Å². The van der Waals surface area contributed by atoms with Gasteiger partial charge >= 0.3 is 11.9 Å². The third-order valence-electron chi connectivity index (χ3n) is 13.3. The minimum atomic E-state index is -1.59. The molecule has 2 heterocycles. The molecule has 0 radical (unpaired) electrons. The molecular formula is C30H40O8. The number of hydrogen-bond donors (Lipinski definition) is 2. The van der Waals surface area contributed by atoms with Gasteiger partial charge in [-0.2, -0.15) is 0 Å². The number of ketones is 1. The lowest BCUT2D eigenvalue weighted by atomic mass is 9.43. The van der Waals surface area contributed by atoms with E-state index in [0.29, 0.717) is 25.7 Å². The predicted octanol–water partition coefficient (Wildman–Crippen LogP) is 2.87. The first-order valence-electron chi connectivity index (χ1n) is 14.4. The minimum absolute atomic E-state index is 0.0119. The van der Waals surface area contributed by atoms with Gasteiger partial charge in [-0.25, -0.2) is 4.79 Å². The van der Waals surface area contributed by atoms with Crippen LogP contribution in [0, 0.1) is 39.9 Å². The lowest BCUT2D eigenvalue weighted by molar-refractivity contribution is -0.205. The van der Waals surface area contributed by atoms with E-state index in [9.17, 15) is 24.6 Å². The highest BCUT2D eigenvalue weighted by Crippen LogP contribution is 2.75. The Morgan fingerprint density at radius 3 is 2.45 bits per heavy atom. The van der Waals surface area contributed by atoms with E-state index in [1.165, 1.54) is 13.8 Å². The molecular weight excluding hydrogens is 488 g/mol. The molecule has 0 aromatic rings. The van der Waals surface area contributed by atoms with Gasteiger partial charge in [-0.3, -0.25) is 9.59 Å². The predicted molar refractivity (Wildman–Crippen MR) is 133 cm³/mol. The van der Waals surface area contributed by atoms with Gasteiger partial charge in [0, 0.05) is 24.2 Å². The van der Waals surface area contributed by atoms with Crippen molar-refractivity contribution in [3.8, 4) is 0 Å². The Hall–Kier alpha value is -1.77. The number of carbonyl (C=O) groups is 3. The molecule has 7 aliphatic rings. The van der Waals surface area contributed by atoms with Gasteiger partial charge in [-0.15, -0.1) is 0 Å². The van der Waals surface area contributed by atoms with Gasteiger partial charge in [-0.05, 0) is 82.1 Å². The molecule has 0 amide bonds. The number of hydrogen-bond acceptors (Lipinski definition) is 8. The number of aliphatic hydroxyl groups is 2. The fourth-order valence-corrected chi connectivity index (χ4v) is 10.8. The molecule has 208 valence electrons. The summed E-state index contributed by atoms with van der Waals surface area (Å²) in [6, 6.07) is 0. The van der Waals surface area contributed by atoms with Gasteiger partial charge in [0.1, 0.15) is 23.9 Å². The second kappa shape index (κ2) is 7.10. The van der Waals surface area contributed by atoms with Crippen LogP contribution in [0.25, 0.3) is 0 Å². The van der Waals surface area contributed by atoms with Crippen molar-refractivity contribution >= 4 is 17.7 Å². The summed E-state index contributed by atoms with van der Waals surface area (Å²) in [5, 5.41) is 23.7. The Morgan fingerprint density at radius 2 is 1.74 bits per heavy atom. The highest BCUT2D eigenvalue weighted by atomic mass is 16.6. The molecule has 2 aliphatic heterocycles. The summed E-state index contributed by atoms with van der Waals surface area (Å²) in [5.41, 5.74) is -5.21. The van der Waals surface area contributed by atoms with Crippen molar-refractivity contribution in [3.05, 3.63) is 12.2 Å². The van der Waals surface area contributed by atoms with E-state index >= 15 is 0 Å². The van der Waals surface area contributed by atoms with Gasteiger partial charge in [0.15, 0.2) is 11.4 Å². The highest BCUT2D eigenvalue weighted by molar-refractivity contribution is 5.98. The van der Waals surface area contributed by atoms with Gasteiger partial charge in [0.05, 0.1) is 11.0 Å². The maximum absolute atomic E-state index is 13.5. The third kappa shape index (κ3) is 2.57. The van der Waals surface area contributed by atoms with Crippen LogP contribution in [-0.2, 0) is 28.6 Å². The average molecular weight is 529 g/mol. The number of epoxide rings is 1. The normalized spacial score (nSPS) is 59.8. The van der Waals surface area contributed by atoms with Crippen LogP contribution in [0.5, 0.6) is 0 Å². The lowest BCUT2D eigenvalue weighted by Crippen LogP contribution is -2.66. The molecule has 5 aliphatic carbocycles. The summed E-state index contributed by atoms with van der Waals surface area (Å²) in [4.78, 5) is 38.6. The average Bonchev–Trinajstić information content (AvgIpc) is 3.38. The molecule has 8 nitrogen and oxygen atoms in total. The van der Waals surface area contributed by atoms with Crippen LogP contribution in [0.4, 0.5) is 0 Å². The van der Waals surface area contributed by atoms with Crippen molar-refractivity contribution < 1.29 is 38.8 Å². The van der Waals surface area contributed by atoms with Gasteiger partial charge in [0.25, 0.3) is 0 Å². The zero-order valence-corrected chi connectivity index (χ0v) is 23.0. The Morgan fingerprint density at radius 1 is 1.03 bits per heavy atom. The van der Waals surface area contributed by atoms with Crippen LogP contribution in [0.1, 0.15) is 79.6 Å². The molecule has 13 unspecified atom stereocenters. The number of esters is 2. The maximum atomic E-state index is 13.5. The first-order chi connectivity index (χ1) is 17.7. The zero-order chi connectivity index (χ0) is 27.3. The number of allylic oxidation sites excluding steroid dienone is 1. The molecule has 38 heavy (non-hydrogen) atoms. The molecule has 4 saturated carbocycles. The highest BCUT2D eigenvalue weighted by Gasteiger charge is 2.82. The molecule has 0 aromatic carbocycles. The number of rotatable bonds is 2. The summed E-state index contributed by atoms with van der Waals surface area (Å²) < 4.78 is 18.2. The summed E-state index contributed by atoms with van der Waals surface area (Å²) in [6.07, 6.45) is 6.75. The first-order valence-corrected chi connectivity index (χ1v) is 14.4. The first kappa shape index (κ1) is 25.2. The van der Waals surface area contributed by atoms with Crippen LogP contribution >= 0.6 is 0 Å². The number of ether oxygens (including phenoxy) is 3. The van der Waals surface area contributed by atoms with Gasteiger partial charge < -0.3 is 24.4 Å². The van der Waals surface area contributed by atoms with Gasteiger partial charge in [0.2, 0.25) is 0 Å². The quantitative estimate of drug-likeness (QED) is 0.414. The molecule has 8 heteroatoms. The van der Waals surface area contributed by atoms with E-state index in [-0.39, 0.29) is 41.5 Å². The number of carbonyl (C=O) groups excluding carboxylic acids is 3. The van der Waals surface area contributed by atoms with Crippen LogP contribution in [0.3, 0.4) is 0 Å². The summed E-state index contributed by atoms with van der Waals surface area (Å²) in [7, 11) is 0. The van der Waals surface area contributed by atoms with E-state index in [4.69, 9.17) is 14.2 Å². The van der Waals surface area contributed by atoms with Crippen LogP contribution in [-0.4, -0.2) is 63.0 Å². The van der Waals surface area contributed by atoms with Gasteiger partial charge in [-0.1, -0.05) is 19.9 Å². The van der Waals surface area contributed by atoms with Crippen molar-refractivity contribution in [2.75, 3.05) is 0 Å². The van der Waals surface area contributed by atoms with E-state index in [0.717, 1.165) is 19.3 Å². The second-order valence-corrected chi connectivity index (χ2v) is 14.5. The van der Waals surface area contributed by atoms with E-state index in [1.54, 1.807) is 6.08 Å². The van der Waals surface area contributed by atoms with Crippen LogP contribution in [0.15, 0.2) is 12.2 Å². The SMILES string of the molecule is CC(=O)OC1C2C3CCC(O)(C4CC5(C)CC4OC(=O)C5(C)O)C3(C)CCC2C2(C)C(=O)C=CCC23OC13. The Balaban J connectivity index is 1.29. The summed E-state index contributed by atoms with van der Waals surface area (Å²) >= 11 is 0. The largest absolute Gasteiger partial charge is 0.460 e. The smallest absolute Gasteiger partial charge is 0.338 e. The third-order valence-corrected chi connectivity index (χ3v) is 13.3. The van der Waals surface area contributed by atoms with E-state index < -0.39 is 51.2 Å². The van der Waals surface area contributed by atoms with Crippen molar-refractivity contribution in [2.24, 2.45) is 39.9 Å². The lowest BCUT2D eigenvalue weighted by Gasteiger charge is -2.60. The molecule has 2 saturated heterocycles. The molecule has 2 N–H and O–H groups in total. The molecule has 13 atom stereocenters. The standard InChI is InChI=1S/C30H40O8/c1-15(31)36-22-21-16-9-12-29(35,18-13-25(2)14-19(18)37-24(33)28(25,5)34)26(16,3)11-8-17(21)27(4)20(32)7-6-10-30(27)23(22)38-30/h6-7,16-19,21-23,34-35H,8-14H2,1-5H3. The molecule has 0 aromatic heterocycles. The van der Waals surface area contributed by atoms with Crippen molar-refractivity contribution in [2.45, 2.75) is 115 Å². The fraction of sp³-hybridized carbons (Fsp3) is 0.833. The topological polar surface area (TPSA) is 123 Å². The monoisotopic (exact) mass is 528 g/mol. The molecule has 6 fully saturated rings. The summed E-state index contributed by atoms with van der Waals surface area (Å²) in [6.45, 7) is 9.09. The zero-order valence-electron chi connectivity index (χ0n) is 23.0. The van der Waals surface area contributed by atoms with Crippen molar-refractivity contribution in [1.82, 2.24) is 0 Å². The number of fused-ring (bicyclic) bond motifs is 6. The maximum Gasteiger partial charge on any atom is 0.338 e. The molecule has 7 rings (SSSR count). The van der Waals surface area contributed by atoms with E-state index in [2.05, 4.69) is 6.92 Å². The Kier molecular flexibility index (Phi) is 4.71. The summed E-state index contributed by atoms with van der Waals surface area (Å²) in [5.74, 6) is -1.29. The Bertz CT molecular complexity index is 1180. The fourth-order valence-electron chi connectivity index (χ4n) is 10.8. The van der Waals surface area contributed by atoms with E-state index in [1.807, 2.05) is 19.9 Å². The second-order valence-electron chi connectivity index (χ2n) is 14.5. The minimum Gasteiger partial charge on any atom is -0.460 e. The Labute approximate surface area is 223 Å². The molecule has 1 spiro atoms.